The third kappa shape index (κ3) is 1.68. The lowest BCUT2D eigenvalue weighted by Crippen LogP contribution is -2.10. The van der Waals surface area contributed by atoms with Crippen molar-refractivity contribution in [3.8, 4) is 0 Å². The van der Waals surface area contributed by atoms with Crippen LogP contribution in [0.5, 0.6) is 0 Å². The Morgan fingerprint density at radius 1 is 1.64 bits per heavy atom. The number of hydrogen-bond donors (Lipinski definition) is 2. The van der Waals surface area contributed by atoms with Crippen LogP contribution < -0.4 is 5.32 Å². The quantitative estimate of drug-likeness (QED) is 0.749. The van der Waals surface area contributed by atoms with Crippen LogP contribution in [0.3, 0.4) is 0 Å². The van der Waals surface area contributed by atoms with Gasteiger partial charge >= 0.3 is 0 Å². The van der Waals surface area contributed by atoms with E-state index in [4.69, 9.17) is 5.11 Å². The molecule has 0 bridgehead atoms. The summed E-state index contributed by atoms with van der Waals surface area (Å²) in [6.45, 7) is 1.74. The molecule has 1 fully saturated rings. The smallest absolute Gasteiger partial charge is 0.186 e. The number of rotatable bonds is 3. The summed E-state index contributed by atoms with van der Waals surface area (Å²) in [5.41, 5.74) is 0.337. The fourth-order valence-electron chi connectivity index (χ4n) is 1.36. The Balaban J connectivity index is 2.07. The normalized spacial score (nSPS) is 24.8. The third-order valence-electron chi connectivity index (χ3n) is 2.44. The van der Waals surface area contributed by atoms with Crippen molar-refractivity contribution in [2.75, 3.05) is 11.9 Å². The molecule has 4 nitrogen and oxygen atoms in total. The number of aliphatic hydroxyl groups is 1. The van der Waals surface area contributed by atoms with Crippen LogP contribution in [0.2, 0.25) is 0 Å². The van der Waals surface area contributed by atoms with Gasteiger partial charge in [-0.1, -0.05) is 0 Å². The van der Waals surface area contributed by atoms with Gasteiger partial charge in [-0.2, -0.15) is 0 Å². The van der Waals surface area contributed by atoms with E-state index in [1.54, 1.807) is 6.92 Å². The highest BCUT2D eigenvalue weighted by Crippen LogP contribution is 2.32. The second kappa shape index (κ2) is 3.49. The van der Waals surface area contributed by atoms with Crippen LogP contribution >= 0.6 is 0 Å². The van der Waals surface area contributed by atoms with E-state index in [1.807, 2.05) is 0 Å². The van der Waals surface area contributed by atoms with Crippen LogP contribution in [0.25, 0.3) is 0 Å². The van der Waals surface area contributed by atoms with E-state index >= 15 is 0 Å². The molecule has 2 N–H and O–H groups in total. The van der Waals surface area contributed by atoms with Crippen molar-refractivity contribution in [2.45, 2.75) is 19.4 Å². The van der Waals surface area contributed by atoms with Crippen LogP contribution in [0.1, 0.15) is 12.1 Å². The first kappa shape index (κ1) is 9.33. The lowest BCUT2D eigenvalue weighted by Gasteiger charge is -2.05. The van der Waals surface area contributed by atoms with Crippen LogP contribution in [-0.4, -0.2) is 27.7 Å². The predicted molar refractivity (Wildman–Crippen MR) is 49.3 cm³/mol. The SMILES string of the molecule is Cc1ncnc(NC2CC2CO)c1F. The second-order valence-corrected chi connectivity index (χ2v) is 3.55. The molecule has 0 spiro atoms. The molecule has 2 rings (SSSR count). The van der Waals surface area contributed by atoms with Crippen molar-refractivity contribution in [2.24, 2.45) is 5.92 Å². The molecule has 0 amide bonds. The highest BCUT2D eigenvalue weighted by molar-refractivity contribution is 5.39. The van der Waals surface area contributed by atoms with Gasteiger partial charge in [0.15, 0.2) is 11.6 Å². The third-order valence-corrected chi connectivity index (χ3v) is 2.44. The van der Waals surface area contributed by atoms with Crippen molar-refractivity contribution in [3.63, 3.8) is 0 Å². The summed E-state index contributed by atoms with van der Waals surface area (Å²) in [7, 11) is 0. The summed E-state index contributed by atoms with van der Waals surface area (Å²) in [5, 5.41) is 11.8. The monoisotopic (exact) mass is 197 g/mol. The molecular formula is C9H12FN3O. The van der Waals surface area contributed by atoms with Crippen molar-refractivity contribution in [1.29, 1.82) is 0 Å². The summed E-state index contributed by atoms with van der Waals surface area (Å²) in [4.78, 5) is 7.54. The Bertz CT molecular complexity index is 345. The molecule has 0 aromatic carbocycles. The van der Waals surface area contributed by atoms with Crippen LogP contribution in [-0.2, 0) is 0 Å². The fourth-order valence-corrected chi connectivity index (χ4v) is 1.36. The first-order valence-electron chi connectivity index (χ1n) is 4.57. The Kier molecular flexibility index (Phi) is 2.33. The molecule has 1 aliphatic carbocycles. The van der Waals surface area contributed by atoms with E-state index in [0.29, 0.717) is 5.69 Å². The van der Waals surface area contributed by atoms with Crippen molar-refractivity contribution in [1.82, 2.24) is 9.97 Å². The number of hydrogen-bond acceptors (Lipinski definition) is 4. The Hall–Kier alpha value is -1.23. The molecule has 0 radical (unpaired) electrons. The van der Waals surface area contributed by atoms with E-state index in [9.17, 15) is 4.39 Å². The number of halogens is 1. The van der Waals surface area contributed by atoms with Gasteiger partial charge in [-0.3, -0.25) is 0 Å². The molecule has 76 valence electrons. The maximum atomic E-state index is 13.4. The van der Waals surface area contributed by atoms with Gasteiger partial charge in [0, 0.05) is 18.6 Å². The van der Waals surface area contributed by atoms with Crippen LogP contribution in [0, 0.1) is 18.7 Å². The summed E-state index contributed by atoms with van der Waals surface area (Å²) < 4.78 is 13.4. The summed E-state index contributed by atoms with van der Waals surface area (Å²) in [6, 6.07) is 0.156. The van der Waals surface area contributed by atoms with Crippen LogP contribution in [0.15, 0.2) is 6.33 Å². The van der Waals surface area contributed by atoms with Gasteiger partial charge in [-0.15, -0.1) is 0 Å². The number of aliphatic hydroxyl groups excluding tert-OH is 1. The largest absolute Gasteiger partial charge is 0.396 e. The Morgan fingerprint density at radius 3 is 3.07 bits per heavy atom. The van der Waals surface area contributed by atoms with E-state index < -0.39 is 5.82 Å². The fraction of sp³-hybridized carbons (Fsp3) is 0.556. The molecule has 2 unspecified atom stereocenters. The minimum atomic E-state index is -0.406. The topological polar surface area (TPSA) is 58.0 Å². The minimum Gasteiger partial charge on any atom is -0.396 e. The first-order valence-corrected chi connectivity index (χ1v) is 4.57. The van der Waals surface area contributed by atoms with Gasteiger partial charge in [0.2, 0.25) is 0 Å². The van der Waals surface area contributed by atoms with E-state index in [2.05, 4.69) is 15.3 Å². The highest BCUT2D eigenvalue weighted by Gasteiger charge is 2.37. The molecule has 1 aromatic rings. The maximum Gasteiger partial charge on any atom is 0.186 e. The maximum absolute atomic E-state index is 13.4. The molecular weight excluding hydrogens is 185 g/mol. The zero-order valence-electron chi connectivity index (χ0n) is 7.87. The van der Waals surface area contributed by atoms with E-state index in [-0.39, 0.29) is 24.4 Å². The molecule has 1 aliphatic rings. The lowest BCUT2D eigenvalue weighted by atomic mass is 10.4. The van der Waals surface area contributed by atoms with E-state index in [1.165, 1.54) is 6.33 Å². The van der Waals surface area contributed by atoms with Crippen molar-refractivity contribution < 1.29 is 9.50 Å². The number of nitrogens with zero attached hydrogens (tertiary/aromatic N) is 2. The Labute approximate surface area is 81.2 Å². The molecule has 2 atom stereocenters. The van der Waals surface area contributed by atoms with E-state index in [0.717, 1.165) is 6.42 Å². The molecule has 1 heterocycles. The average Bonchev–Trinajstić information content (AvgIpc) is 2.92. The van der Waals surface area contributed by atoms with Gasteiger partial charge in [0.05, 0.1) is 5.69 Å². The average molecular weight is 197 g/mol. The number of anilines is 1. The van der Waals surface area contributed by atoms with Gasteiger partial charge in [-0.05, 0) is 13.3 Å². The molecule has 0 saturated heterocycles. The number of aromatic nitrogens is 2. The second-order valence-electron chi connectivity index (χ2n) is 3.55. The molecule has 1 aromatic heterocycles. The number of nitrogens with one attached hydrogen (secondary N) is 1. The zero-order chi connectivity index (χ0) is 10.1. The predicted octanol–water partition coefficient (Wildman–Crippen LogP) is 0.717. The van der Waals surface area contributed by atoms with Gasteiger partial charge in [0.1, 0.15) is 6.33 Å². The number of aryl methyl sites for hydroxylation is 1. The summed E-state index contributed by atoms with van der Waals surface area (Å²) in [6.07, 6.45) is 2.20. The summed E-state index contributed by atoms with van der Waals surface area (Å²) in [5.74, 6) is 0.0687. The Morgan fingerprint density at radius 2 is 2.43 bits per heavy atom. The van der Waals surface area contributed by atoms with Gasteiger partial charge in [0.25, 0.3) is 0 Å². The summed E-state index contributed by atoms with van der Waals surface area (Å²) >= 11 is 0. The molecule has 1 saturated carbocycles. The first-order chi connectivity index (χ1) is 6.72. The van der Waals surface area contributed by atoms with Gasteiger partial charge in [-0.25, -0.2) is 14.4 Å². The van der Waals surface area contributed by atoms with Crippen molar-refractivity contribution >= 4 is 5.82 Å². The van der Waals surface area contributed by atoms with Gasteiger partial charge < -0.3 is 10.4 Å². The molecule has 0 aliphatic heterocycles. The van der Waals surface area contributed by atoms with Crippen LogP contribution in [0.4, 0.5) is 10.2 Å². The minimum absolute atomic E-state index is 0.142. The molecule has 5 heteroatoms. The highest BCUT2D eigenvalue weighted by atomic mass is 19.1. The standard InChI is InChI=1S/C9H12FN3O/c1-5-8(10)9(12-4-11-5)13-7-2-6(7)3-14/h4,6-7,14H,2-3H2,1H3,(H,11,12,13). The lowest BCUT2D eigenvalue weighted by molar-refractivity contribution is 0.275. The van der Waals surface area contributed by atoms with Crippen molar-refractivity contribution in [3.05, 3.63) is 17.8 Å². The molecule has 14 heavy (non-hydrogen) atoms. The zero-order valence-corrected chi connectivity index (χ0v) is 7.87.